The highest BCUT2D eigenvalue weighted by molar-refractivity contribution is 6.37. The average Bonchev–Trinajstić information content (AvgIpc) is 2.89. The van der Waals surface area contributed by atoms with E-state index in [1.54, 1.807) is 0 Å². The lowest BCUT2D eigenvalue weighted by molar-refractivity contribution is 0.0893. The number of hydrogen-bond donors (Lipinski definition) is 0. The molecule has 3 aromatic carbocycles. The Bertz CT molecular complexity index is 1270. The number of imide groups is 1. The summed E-state index contributed by atoms with van der Waals surface area (Å²) in [6.45, 7) is 9.65. The van der Waals surface area contributed by atoms with Gasteiger partial charge in [-0.25, -0.2) is 4.90 Å². The van der Waals surface area contributed by atoms with Crippen molar-refractivity contribution in [2.75, 3.05) is 67.3 Å². The molecule has 180 valence electrons. The number of morpholine rings is 2. The fraction of sp³-hybridized carbons (Fsp3) is 0.357. The Balaban J connectivity index is 1.58. The largest absolute Gasteiger partial charge is 0.378 e. The molecule has 7 heteroatoms. The summed E-state index contributed by atoms with van der Waals surface area (Å²) in [6, 6.07) is 13.8. The van der Waals surface area contributed by atoms with Crippen LogP contribution in [0.25, 0.3) is 10.8 Å². The van der Waals surface area contributed by atoms with Gasteiger partial charge in [-0.1, -0.05) is 12.1 Å². The first-order valence-corrected chi connectivity index (χ1v) is 12.3. The van der Waals surface area contributed by atoms with Gasteiger partial charge < -0.3 is 19.3 Å². The molecule has 35 heavy (non-hydrogen) atoms. The Morgan fingerprint density at radius 1 is 0.629 bits per heavy atom. The zero-order chi connectivity index (χ0) is 24.1. The fourth-order valence-electron chi connectivity index (χ4n) is 5.46. The SMILES string of the molecule is Cc1ccc(C)c(N2C(=O)c3ccc(N4CCOCC4)c4c(N5CCOCC5)ccc(c34)C2=O)c1. The molecule has 0 spiro atoms. The van der Waals surface area contributed by atoms with E-state index in [0.717, 1.165) is 59.5 Å². The van der Waals surface area contributed by atoms with Crippen LogP contribution >= 0.6 is 0 Å². The third-order valence-electron chi connectivity index (χ3n) is 7.29. The van der Waals surface area contributed by atoms with Crippen LogP contribution in [0.3, 0.4) is 0 Å². The molecule has 0 atom stereocenters. The van der Waals surface area contributed by atoms with Gasteiger partial charge in [-0.15, -0.1) is 0 Å². The zero-order valence-corrected chi connectivity index (χ0v) is 20.2. The van der Waals surface area contributed by atoms with Crippen LogP contribution in [0.4, 0.5) is 17.1 Å². The molecule has 3 aromatic rings. The van der Waals surface area contributed by atoms with E-state index >= 15 is 0 Å². The number of carbonyl (C=O) groups excluding carboxylic acids is 2. The molecule has 0 radical (unpaired) electrons. The van der Waals surface area contributed by atoms with Crippen molar-refractivity contribution >= 4 is 39.6 Å². The van der Waals surface area contributed by atoms with Gasteiger partial charge in [0.05, 0.1) is 32.1 Å². The second-order valence-corrected chi connectivity index (χ2v) is 9.45. The summed E-state index contributed by atoms with van der Waals surface area (Å²) in [5.74, 6) is -0.539. The maximum Gasteiger partial charge on any atom is 0.265 e. The van der Waals surface area contributed by atoms with Crippen molar-refractivity contribution < 1.29 is 19.1 Å². The minimum Gasteiger partial charge on any atom is -0.378 e. The third-order valence-corrected chi connectivity index (χ3v) is 7.29. The van der Waals surface area contributed by atoms with Crippen molar-refractivity contribution in [3.8, 4) is 0 Å². The molecule has 2 amide bonds. The number of carbonyl (C=O) groups is 2. The van der Waals surface area contributed by atoms with E-state index in [-0.39, 0.29) is 11.8 Å². The molecule has 7 nitrogen and oxygen atoms in total. The standard InChI is InChI=1S/C28H29N3O4/c1-18-3-4-19(2)24(17-18)31-27(32)20-5-7-22(29-9-13-34-14-10-29)26-23(30-11-15-35-16-12-30)8-6-21(25(20)26)28(31)33/h3-8,17H,9-16H2,1-2H3. The second kappa shape index (κ2) is 8.66. The molecule has 0 saturated carbocycles. The first-order chi connectivity index (χ1) is 17.0. The summed E-state index contributed by atoms with van der Waals surface area (Å²) >= 11 is 0. The maximum atomic E-state index is 13.9. The van der Waals surface area contributed by atoms with E-state index in [2.05, 4.69) is 9.80 Å². The highest BCUT2D eigenvalue weighted by atomic mass is 16.5. The lowest BCUT2D eigenvalue weighted by atomic mass is 9.90. The number of benzene rings is 3. The fourth-order valence-corrected chi connectivity index (χ4v) is 5.46. The highest BCUT2D eigenvalue weighted by Crippen LogP contribution is 2.43. The minimum absolute atomic E-state index is 0.270. The Morgan fingerprint density at radius 2 is 1.14 bits per heavy atom. The Hall–Kier alpha value is -3.42. The smallest absolute Gasteiger partial charge is 0.265 e. The van der Waals surface area contributed by atoms with Gasteiger partial charge in [-0.3, -0.25) is 9.59 Å². The van der Waals surface area contributed by atoms with Crippen molar-refractivity contribution in [1.82, 2.24) is 0 Å². The Morgan fingerprint density at radius 3 is 1.66 bits per heavy atom. The monoisotopic (exact) mass is 471 g/mol. The van der Waals surface area contributed by atoms with Gasteiger partial charge >= 0.3 is 0 Å². The van der Waals surface area contributed by atoms with Gasteiger partial charge in [0, 0.05) is 59.5 Å². The maximum absolute atomic E-state index is 13.9. The molecule has 0 N–H and O–H groups in total. The van der Waals surface area contributed by atoms with Gasteiger partial charge in [-0.05, 0) is 55.3 Å². The number of anilines is 3. The van der Waals surface area contributed by atoms with Gasteiger partial charge in [0.2, 0.25) is 0 Å². The number of aryl methyl sites for hydroxylation is 2. The molecule has 0 unspecified atom stereocenters. The molecule has 3 aliphatic heterocycles. The number of amides is 2. The summed E-state index contributed by atoms with van der Waals surface area (Å²) in [4.78, 5) is 33.7. The van der Waals surface area contributed by atoms with Crippen LogP contribution in [-0.2, 0) is 9.47 Å². The lowest BCUT2D eigenvalue weighted by Gasteiger charge is -2.36. The van der Waals surface area contributed by atoms with Gasteiger partial charge in [0.25, 0.3) is 11.8 Å². The Labute approximate surface area is 204 Å². The molecule has 3 aliphatic rings. The average molecular weight is 472 g/mol. The van der Waals surface area contributed by atoms with E-state index < -0.39 is 0 Å². The van der Waals surface area contributed by atoms with Crippen molar-refractivity contribution in [3.63, 3.8) is 0 Å². The van der Waals surface area contributed by atoms with E-state index in [0.29, 0.717) is 43.2 Å². The number of ether oxygens (including phenoxy) is 2. The van der Waals surface area contributed by atoms with E-state index in [1.165, 1.54) is 4.90 Å². The van der Waals surface area contributed by atoms with Gasteiger partial charge in [-0.2, -0.15) is 0 Å². The second-order valence-electron chi connectivity index (χ2n) is 9.45. The first kappa shape index (κ1) is 22.1. The predicted octanol–water partition coefficient (Wildman–Crippen LogP) is 3.93. The minimum atomic E-state index is -0.270. The number of rotatable bonds is 3. The molecule has 0 aliphatic carbocycles. The first-order valence-electron chi connectivity index (χ1n) is 12.3. The molecule has 3 heterocycles. The predicted molar refractivity (Wildman–Crippen MR) is 137 cm³/mol. The van der Waals surface area contributed by atoms with Crippen molar-refractivity contribution in [2.45, 2.75) is 13.8 Å². The van der Waals surface area contributed by atoms with Crippen LogP contribution in [0.15, 0.2) is 42.5 Å². The van der Waals surface area contributed by atoms with Crippen LogP contribution in [-0.4, -0.2) is 64.4 Å². The van der Waals surface area contributed by atoms with Gasteiger partial charge in [0.15, 0.2) is 0 Å². The molecular formula is C28H29N3O4. The van der Waals surface area contributed by atoms with Crippen LogP contribution in [0, 0.1) is 13.8 Å². The van der Waals surface area contributed by atoms with E-state index in [1.807, 2.05) is 56.3 Å². The van der Waals surface area contributed by atoms with Crippen LogP contribution < -0.4 is 14.7 Å². The Kier molecular flexibility index (Phi) is 5.46. The van der Waals surface area contributed by atoms with Crippen molar-refractivity contribution in [1.29, 1.82) is 0 Å². The molecule has 0 aromatic heterocycles. The summed E-state index contributed by atoms with van der Waals surface area (Å²) in [5, 5.41) is 1.74. The molecule has 2 fully saturated rings. The topological polar surface area (TPSA) is 62.3 Å². The summed E-state index contributed by atoms with van der Waals surface area (Å²) < 4.78 is 11.2. The molecule has 6 rings (SSSR count). The molecular weight excluding hydrogens is 442 g/mol. The number of nitrogens with zero attached hydrogens (tertiary/aromatic N) is 3. The number of hydrogen-bond acceptors (Lipinski definition) is 6. The third kappa shape index (κ3) is 3.58. The summed E-state index contributed by atoms with van der Waals surface area (Å²) in [5.41, 5.74) is 5.80. The van der Waals surface area contributed by atoms with Gasteiger partial charge in [0.1, 0.15) is 0 Å². The van der Waals surface area contributed by atoms with Crippen molar-refractivity contribution in [2.24, 2.45) is 0 Å². The zero-order valence-electron chi connectivity index (χ0n) is 20.2. The quantitative estimate of drug-likeness (QED) is 0.540. The highest BCUT2D eigenvalue weighted by Gasteiger charge is 2.37. The normalized spacial score (nSPS) is 18.5. The van der Waals surface area contributed by atoms with Crippen LogP contribution in [0.5, 0.6) is 0 Å². The molecule has 2 saturated heterocycles. The summed E-state index contributed by atoms with van der Waals surface area (Å²) in [6.07, 6.45) is 0. The van der Waals surface area contributed by atoms with Crippen LogP contribution in [0.1, 0.15) is 31.8 Å². The van der Waals surface area contributed by atoms with E-state index in [9.17, 15) is 9.59 Å². The lowest BCUT2D eigenvalue weighted by Crippen LogP contribution is -2.42. The molecule has 0 bridgehead atoms. The summed E-state index contributed by atoms with van der Waals surface area (Å²) in [7, 11) is 0. The van der Waals surface area contributed by atoms with Crippen molar-refractivity contribution in [3.05, 3.63) is 64.7 Å². The van der Waals surface area contributed by atoms with E-state index in [4.69, 9.17) is 9.47 Å². The van der Waals surface area contributed by atoms with Crippen LogP contribution in [0.2, 0.25) is 0 Å².